The second-order valence-electron chi connectivity index (χ2n) is 6.13. The summed E-state index contributed by atoms with van der Waals surface area (Å²) in [5.74, 6) is 3.18. The van der Waals surface area contributed by atoms with Crippen molar-refractivity contribution in [3.63, 3.8) is 0 Å². The Balaban J connectivity index is 1.88. The number of aromatic nitrogens is 2. The van der Waals surface area contributed by atoms with E-state index in [-0.39, 0.29) is 5.92 Å². The van der Waals surface area contributed by atoms with Crippen LogP contribution < -0.4 is 0 Å². The molecule has 0 N–H and O–H groups in total. The first-order chi connectivity index (χ1) is 9.11. The number of hydrogen-bond acceptors (Lipinski definition) is 2. The molecule has 0 saturated heterocycles. The molecule has 0 aliphatic heterocycles. The van der Waals surface area contributed by atoms with E-state index in [1.54, 1.807) is 6.20 Å². The van der Waals surface area contributed by atoms with Gasteiger partial charge < -0.3 is 4.57 Å². The summed E-state index contributed by atoms with van der Waals surface area (Å²) in [4.78, 5) is 16.7. The standard InChI is InChI=1S/C16H26N2O/c1-4-18-10-9-17-16(18)11-15(19)14-7-5-13(6-8-14)12(2)3/h9-10,12-14H,4-8,11H2,1-3H3. The zero-order chi connectivity index (χ0) is 13.8. The molecule has 0 amide bonds. The molecule has 106 valence electrons. The molecule has 3 nitrogen and oxygen atoms in total. The molecule has 0 radical (unpaired) electrons. The Morgan fingerprint density at radius 1 is 1.37 bits per heavy atom. The third kappa shape index (κ3) is 3.46. The second kappa shape index (κ2) is 6.36. The fourth-order valence-corrected chi connectivity index (χ4v) is 3.20. The maximum atomic E-state index is 12.4. The van der Waals surface area contributed by atoms with Crippen LogP contribution in [0.1, 0.15) is 52.3 Å². The molecule has 19 heavy (non-hydrogen) atoms. The smallest absolute Gasteiger partial charge is 0.143 e. The van der Waals surface area contributed by atoms with Gasteiger partial charge in [-0.25, -0.2) is 4.98 Å². The van der Waals surface area contributed by atoms with Crippen molar-refractivity contribution in [2.24, 2.45) is 17.8 Å². The zero-order valence-corrected chi connectivity index (χ0v) is 12.4. The maximum absolute atomic E-state index is 12.4. The van der Waals surface area contributed by atoms with Gasteiger partial charge >= 0.3 is 0 Å². The molecule has 0 unspecified atom stereocenters. The van der Waals surface area contributed by atoms with Crippen molar-refractivity contribution in [2.45, 2.75) is 59.4 Å². The van der Waals surface area contributed by atoms with Crippen LogP contribution in [0.25, 0.3) is 0 Å². The average molecular weight is 262 g/mol. The van der Waals surface area contributed by atoms with Gasteiger partial charge in [-0.05, 0) is 44.4 Å². The van der Waals surface area contributed by atoms with Crippen LogP contribution in [0.2, 0.25) is 0 Å². The number of Topliss-reactive ketones (excluding diaryl/α,β-unsaturated/α-hetero) is 1. The van der Waals surface area contributed by atoms with Crippen molar-refractivity contribution in [1.29, 1.82) is 0 Å². The summed E-state index contributed by atoms with van der Waals surface area (Å²) in [6.07, 6.45) is 8.85. The highest BCUT2D eigenvalue weighted by Gasteiger charge is 2.28. The molecule has 3 heteroatoms. The minimum Gasteiger partial charge on any atom is -0.335 e. The number of carbonyl (C=O) groups excluding carboxylic acids is 1. The van der Waals surface area contributed by atoms with E-state index >= 15 is 0 Å². The largest absolute Gasteiger partial charge is 0.335 e. The second-order valence-corrected chi connectivity index (χ2v) is 6.13. The van der Waals surface area contributed by atoms with E-state index in [0.29, 0.717) is 12.2 Å². The van der Waals surface area contributed by atoms with E-state index in [4.69, 9.17) is 0 Å². The topological polar surface area (TPSA) is 34.9 Å². The van der Waals surface area contributed by atoms with Gasteiger partial charge in [0.15, 0.2) is 0 Å². The van der Waals surface area contributed by atoms with Gasteiger partial charge in [-0.15, -0.1) is 0 Å². The first kappa shape index (κ1) is 14.3. The van der Waals surface area contributed by atoms with E-state index in [2.05, 4.69) is 30.3 Å². The van der Waals surface area contributed by atoms with Gasteiger partial charge in [-0.2, -0.15) is 0 Å². The molecule has 0 bridgehead atoms. The molecule has 0 atom stereocenters. The number of hydrogen-bond donors (Lipinski definition) is 0. The van der Waals surface area contributed by atoms with Gasteiger partial charge in [-0.3, -0.25) is 4.79 Å². The third-order valence-electron chi connectivity index (χ3n) is 4.64. The Morgan fingerprint density at radius 3 is 2.63 bits per heavy atom. The van der Waals surface area contributed by atoms with Crippen LogP contribution in [0, 0.1) is 17.8 Å². The van der Waals surface area contributed by atoms with Gasteiger partial charge in [0.2, 0.25) is 0 Å². The molecule has 1 aliphatic carbocycles. The fraction of sp³-hybridized carbons (Fsp3) is 0.750. The van der Waals surface area contributed by atoms with Gasteiger partial charge in [-0.1, -0.05) is 13.8 Å². The van der Waals surface area contributed by atoms with Gasteiger partial charge in [0.25, 0.3) is 0 Å². The first-order valence-corrected chi connectivity index (χ1v) is 7.64. The van der Waals surface area contributed by atoms with E-state index in [9.17, 15) is 4.79 Å². The normalized spacial score (nSPS) is 23.8. The summed E-state index contributed by atoms with van der Waals surface area (Å²) in [5.41, 5.74) is 0. The van der Waals surface area contributed by atoms with Crippen LogP contribution >= 0.6 is 0 Å². The third-order valence-corrected chi connectivity index (χ3v) is 4.64. The van der Waals surface area contributed by atoms with Crippen LogP contribution in [-0.2, 0) is 17.8 Å². The monoisotopic (exact) mass is 262 g/mol. The number of imidazole rings is 1. The van der Waals surface area contributed by atoms with Crippen molar-refractivity contribution >= 4 is 5.78 Å². The number of aryl methyl sites for hydroxylation is 1. The molecule has 1 aromatic heterocycles. The Bertz CT molecular complexity index is 414. The Kier molecular flexibility index (Phi) is 4.78. The molecule has 0 aromatic carbocycles. The van der Waals surface area contributed by atoms with Gasteiger partial charge in [0.05, 0.1) is 6.42 Å². The van der Waals surface area contributed by atoms with E-state index < -0.39 is 0 Å². The lowest BCUT2D eigenvalue weighted by atomic mass is 9.75. The Labute approximate surface area is 116 Å². The zero-order valence-electron chi connectivity index (χ0n) is 12.4. The quantitative estimate of drug-likeness (QED) is 0.814. The summed E-state index contributed by atoms with van der Waals surface area (Å²) >= 11 is 0. The number of ketones is 1. The lowest BCUT2D eigenvalue weighted by Gasteiger charge is -2.30. The predicted octanol–water partition coefficient (Wildman–Crippen LogP) is 3.48. The van der Waals surface area contributed by atoms with Crippen molar-refractivity contribution < 1.29 is 4.79 Å². The van der Waals surface area contributed by atoms with Crippen molar-refractivity contribution in [3.05, 3.63) is 18.2 Å². The highest BCUT2D eigenvalue weighted by molar-refractivity contribution is 5.82. The van der Waals surface area contributed by atoms with E-state index in [1.807, 2.05) is 6.20 Å². The number of rotatable bonds is 5. The summed E-state index contributed by atoms with van der Waals surface area (Å²) in [6.45, 7) is 7.57. The summed E-state index contributed by atoms with van der Waals surface area (Å²) in [6, 6.07) is 0. The lowest BCUT2D eigenvalue weighted by Crippen LogP contribution is -2.26. The van der Waals surface area contributed by atoms with Crippen LogP contribution in [0.3, 0.4) is 0 Å². The number of carbonyl (C=O) groups is 1. The fourth-order valence-electron chi connectivity index (χ4n) is 3.20. The molecule has 1 aromatic rings. The highest BCUT2D eigenvalue weighted by atomic mass is 16.1. The van der Waals surface area contributed by atoms with Crippen LogP contribution in [0.5, 0.6) is 0 Å². The molecule has 0 spiro atoms. The Hall–Kier alpha value is -1.12. The van der Waals surface area contributed by atoms with Crippen molar-refractivity contribution in [3.8, 4) is 0 Å². The first-order valence-electron chi connectivity index (χ1n) is 7.64. The molecular weight excluding hydrogens is 236 g/mol. The molecule has 1 saturated carbocycles. The van der Waals surface area contributed by atoms with Crippen LogP contribution in [-0.4, -0.2) is 15.3 Å². The maximum Gasteiger partial charge on any atom is 0.143 e. The SMILES string of the molecule is CCn1ccnc1CC(=O)C1CCC(C(C)C)CC1. The highest BCUT2D eigenvalue weighted by Crippen LogP contribution is 2.34. The molecule has 1 heterocycles. The van der Waals surface area contributed by atoms with Crippen molar-refractivity contribution in [2.75, 3.05) is 0 Å². The summed E-state index contributed by atoms with van der Waals surface area (Å²) < 4.78 is 2.07. The minimum atomic E-state index is 0.275. The molecule has 1 fully saturated rings. The molecule has 2 rings (SSSR count). The summed E-state index contributed by atoms with van der Waals surface area (Å²) in [5, 5.41) is 0. The molecular formula is C16H26N2O. The predicted molar refractivity (Wildman–Crippen MR) is 76.9 cm³/mol. The average Bonchev–Trinajstić information content (AvgIpc) is 2.86. The van der Waals surface area contributed by atoms with Crippen LogP contribution in [0.15, 0.2) is 12.4 Å². The molecule has 1 aliphatic rings. The van der Waals surface area contributed by atoms with E-state index in [0.717, 1.165) is 37.0 Å². The summed E-state index contributed by atoms with van der Waals surface area (Å²) in [7, 11) is 0. The Morgan fingerprint density at radius 2 is 2.05 bits per heavy atom. The van der Waals surface area contributed by atoms with Crippen LogP contribution in [0.4, 0.5) is 0 Å². The van der Waals surface area contributed by atoms with Gasteiger partial charge in [0, 0.05) is 24.9 Å². The number of nitrogens with zero attached hydrogens (tertiary/aromatic N) is 2. The van der Waals surface area contributed by atoms with Gasteiger partial charge in [0.1, 0.15) is 11.6 Å². The van der Waals surface area contributed by atoms with Crippen molar-refractivity contribution in [1.82, 2.24) is 9.55 Å². The lowest BCUT2D eigenvalue weighted by molar-refractivity contribution is -0.123. The van der Waals surface area contributed by atoms with E-state index in [1.165, 1.54) is 12.8 Å². The minimum absolute atomic E-state index is 0.275.